The third kappa shape index (κ3) is 3.04. The van der Waals surface area contributed by atoms with Crippen molar-refractivity contribution in [1.29, 1.82) is 0 Å². The van der Waals surface area contributed by atoms with Crippen molar-refractivity contribution >= 4 is 23.4 Å². The average Bonchev–Trinajstić information content (AvgIpc) is 2.46. The molecule has 1 unspecified atom stereocenters. The van der Waals surface area contributed by atoms with Gasteiger partial charge in [0.15, 0.2) is 5.16 Å². The number of hydrogen-bond acceptors (Lipinski definition) is 7. The van der Waals surface area contributed by atoms with Gasteiger partial charge in [-0.25, -0.2) is 15.8 Å². The minimum Gasteiger partial charge on any atom is -0.380 e. The predicted molar refractivity (Wildman–Crippen MR) is 73.9 cm³/mol. The van der Waals surface area contributed by atoms with Crippen LogP contribution in [0.2, 0.25) is 0 Å². The quantitative estimate of drug-likeness (QED) is 0.367. The Labute approximate surface area is 111 Å². The van der Waals surface area contributed by atoms with Crippen LogP contribution in [0.3, 0.4) is 0 Å². The zero-order valence-corrected chi connectivity index (χ0v) is 11.5. The molecule has 0 amide bonds. The second-order valence-electron chi connectivity index (χ2n) is 4.19. The van der Waals surface area contributed by atoms with E-state index in [4.69, 9.17) is 10.6 Å². The number of nitrogens with one attached hydrogen (secondary N) is 1. The lowest BCUT2D eigenvalue weighted by Crippen LogP contribution is -2.39. The van der Waals surface area contributed by atoms with Crippen molar-refractivity contribution in [2.45, 2.75) is 24.1 Å². The Hall–Kier alpha value is -1.05. The van der Waals surface area contributed by atoms with Gasteiger partial charge in [-0.3, -0.25) is 0 Å². The molecule has 2 rings (SSSR count). The summed E-state index contributed by atoms with van der Waals surface area (Å²) in [7, 11) is 1.76. The van der Waals surface area contributed by atoms with Gasteiger partial charge in [0, 0.05) is 26.3 Å². The smallest absolute Gasteiger partial charge is 0.191 e. The van der Waals surface area contributed by atoms with Gasteiger partial charge in [0.2, 0.25) is 0 Å². The Bertz CT molecular complexity index is 381. The van der Waals surface area contributed by atoms with E-state index in [0.29, 0.717) is 5.82 Å². The van der Waals surface area contributed by atoms with Crippen molar-refractivity contribution in [3.63, 3.8) is 0 Å². The van der Waals surface area contributed by atoms with E-state index in [1.165, 1.54) is 11.8 Å². The van der Waals surface area contributed by atoms with Crippen LogP contribution in [0.5, 0.6) is 0 Å². The Kier molecular flexibility index (Phi) is 4.62. The lowest BCUT2D eigenvalue weighted by molar-refractivity contribution is 0.0891. The Morgan fingerprint density at radius 2 is 2.39 bits per heavy atom. The van der Waals surface area contributed by atoms with Crippen molar-refractivity contribution in [3.8, 4) is 0 Å². The number of ether oxygens (including phenoxy) is 1. The van der Waals surface area contributed by atoms with Crippen LogP contribution in [0.4, 0.5) is 11.6 Å². The first kappa shape index (κ1) is 13.4. The molecule has 1 saturated heterocycles. The van der Waals surface area contributed by atoms with Crippen molar-refractivity contribution < 1.29 is 4.74 Å². The molecule has 0 radical (unpaired) electrons. The van der Waals surface area contributed by atoms with E-state index in [0.717, 1.165) is 36.9 Å². The molecule has 2 heterocycles. The van der Waals surface area contributed by atoms with Gasteiger partial charge < -0.3 is 15.1 Å². The molecular formula is C11H19N5OS. The van der Waals surface area contributed by atoms with Gasteiger partial charge in [0.05, 0.1) is 6.10 Å². The van der Waals surface area contributed by atoms with Gasteiger partial charge in [0.1, 0.15) is 11.6 Å². The number of nitrogen functional groups attached to an aromatic ring is 1. The Balaban J connectivity index is 2.20. The molecule has 0 aliphatic carbocycles. The third-order valence-electron chi connectivity index (χ3n) is 3.06. The SMILES string of the molecule is COC1CCCN(c2cc(NN)nc(SC)n2)C1. The van der Waals surface area contributed by atoms with Gasteiger partial charge in [-0.2, -0.15) is 0 Å². The molecule has 0 bridgehead atoms. The number of thioether (sulfide) groups is 1. The zero-order valence-electron chi connectivity index (χ0n) is 10.7. The number of aromatic nitrogens is 2. The highest BCUT2D eigenvalue weighted by Crippen LogP contribution is 2.23. The second-order valence-corrected chi connectivity index (χ2v) is 4.96. The first-order valence-corrected chi connectivity index (χ1v) is 7.16. The van der Waals surface area contributed by atoms with E-state index in [1.807, 2.05) is 12.3 Å². The maximum Gasteiger partial charge on any atom is 0.191 e. The van der Waals surface area contributed by atoms with Gasteiger partial charge >= 0.3 is 0 Å². The average molecular weight is 269 g/mol. The normalized spacial score (nSPS) is 19.9. The highest BCUT2D eigenvalue weighted by molar-refractivity contribution is 7.98. The molecule has 18 heavy (non-hydrogen) atoms. The van der Waals surface area contributed by atoms with Crippen LogP contribution >= 0.6 is 11.8 Å². The molecule has 0 saturated carbocycles. The van der Waals surface area contributed by atoms with E-state index < -0.39 is 0 Å². The fourth-order valence-electron chi connectivity index (χ4n) is 2.08. The monoisotopic (exact) mass is 269 g/mol. The van der Waals surface area contributed by atoms with Gasteiger partial charge in [-0.15, -0.1) is 0 Å². The molecule has 1 aromatic rings. The van der Waals surface area contributed by atoms with E-state index in [9.17, 15) is 0 Å². The maximum atomic E-state index is 5.43. The van der Waals surface area contributed by atoms with Crippen LogP contribution in [0.15, 0.2) is 11.2 Å². The first-order chi connectivity index (χ1) is 8.76. The van der Waals surface area contributed by atoms with Crippen LogP contribution in [0.25, 0.3) is 0 Å². The summed E-state index contributed by atoms with van der Waals surface area (Å²) in [5.74, 6) is 6.98. The number of nitrogens with two attached hydrogens (primary N) is 1. The fraction of sp³-hybridized carbons (Fsp3) is 0.636. The molecule has 1 aromatic heterocycles. The third-order valence-corrected chi connectivity index (χ3v) is 3.61. The largest absolute Gasteiger partial charge is 0.380 e. The van der Waals surface area contributed by atoms with Crippen molar-refractivity contribution in [3.05, 3.63) is 6.07 Å². The molecule has 1 atom stereocenters. The minimum absolute atomic E-state index is 0.278. The lowest BCUT2D eigenvalue weighted by atomic mass is 10.1. The molecular weight excluding hydrogens is 250 g/mol. The maximum absolute atomic E-state index is 5.43. The molecule has 1 fully saturated rings. The summed E-state index contributed by atoms with van der Waals surface area (Å²) in [6, 6.07) is 1.87. The Morgan fingerprint density at radius 3 is 3.06 bits per heavy atom. The van der Waals surface area contributed by atoms with Crippen LogP contribution in [-0.2, 0) is 4.74 Å². The van der Waals surface area contributed by atoms with E-state index in [-0.39, 0.29) is 6.10 Å². The zero-order chi connectivity index (χ0) is 13.0. The number of hydrazine groups is 1. The molecule has 7 heteroatoms. The minimum atomic E-state index is 0.278. The number of nitrogens with zero attached hydrogens (tertiary/aromatic N) is 3. The van der Waals surface area contributed by atoms with Gasteiger partial charge in [0.25, 0.3) is 0 Å². The standard InChI is InChI=1S/C11H19N5OS/c1-17-8-4-3-5-16(7-8)10-6-9(15-12)13-11(14-10)18-2/h6,8H,3-5,7,12H2,1-2H3,(H,13,14,15). The molecule has 0 spiro atoms. The molecule has 1 aliphatic heterocycles. The van der Waals surface area contributed by atoms with E-state index in [1.54, 1.807) is 7.11 Å². The van der Waals surface area contributed by atoms with Crippen LogP contribution < -0.4 is 16.2 Å². The Morgan fingerprint density at radius 1 is 1.56 bits per heavy atom. The summed E-state index contributed by atoms with van der Waals surface area (Å²) in [5.41, 5.74) is 2.58. The van der Waals surface area contributed by atoms with Crippen molar-refractivity contribution in [2.75, 3.05) is 36.8 Å². The van der Waals surface area contributed by atoms with Gasteiger partial charge in [-0.1, -0.05) is 11.8 Å². The molecule has 3 N–H and O–H groups in total. The summed E-state index contributed by atoms with van der Waals surface area (Å²) in [6.45, 7) is 1.86. The number of rotatable bonds is 4. The molecule has 1 aliphatic rings. The van der Waals surface area contributed by atoms with Crippen molar-refractivity contribution in [2.24, 2.45) is 5.84 Å². The van der Waals surface area contributed by atoms with E-state index >= 15 is 0 Å². The second kappa shape index (κ2) is 6.21. The summed E-state index contributed by atoms with van der Waals surface area (Å²) in [5, 5.41) is 0.722. The number of hydrogen-bond donors (Lipinski definition) is 2. The predicted octanol–water partition coefficient (Wildman–Crippen LogP) is 1.10. The summed E-state index contributed by atoms with van der Waals surface area (Å²) >= 11 is 1.51. The topological polar surface area (TPSA) is 76.3 Å². The number of piperidine rings is 1. The lowest BCUT2D eigenvalue weighted by Gasteiger charge is -2.32. The van der Waals surface area contributed by atoms with Crippen LogP contribution in [0, 0.1) is 0 Å². The van der Waals surface area contributed by atoms with E-state index in [2.05, 4.69) is 20.3 Å². The van der Waals surface area contributed by atoms with Gasteiger partial charge in [-0.05, 0) is 19.1 Å². The highest BCUT2D eigenvalue weighted by atomic mass is 32.2. The fourth-order valence-corrected chi connectivity index (χ4v) is 2.45. The molecule has 100 valence electrons. The molecule has 6 nitrogen and oxygen atoms in total. The first-order valence-electron chi connectivity index (χ1n) is 5.94. The van der Waals surface area contributed by atoms with Crippen LogP contribution in [-0.4, -0.2) is 42.5 Å². The highest BCUT2D eigenvalue weighted by Gasteiger charge is 2.21. The summed E-state index contributed by atoms with van der Waals surface area (Å²) in [4.78, 5) is 11.0. The number of anilines is 2. The van der Waals surface area contributed by atoms with Crippen molar-refractivity contribution in [1.82, 2.24) is 9.97 Å². The molecule has 0 aromatic carbocycles. The summed E-state index contributed by atoms with van der Waals surface area (Å²) < 4.78 is 5.43. The van der Waals surface area contributed by atoms with Crippen LogP contribution in [0.1, 0.15) is 12.8 Å². The number of methoxy groups -OCH3 is 1. The summed E-state index contributed by atoms with van der Waals surface area (Å²) in [6.07, 6.45) is 4.45.